The Bertz CT molecular complexity index is 1030. The molecule has 2 aromatic rings. The molecule has 1 aromatic heterocycles. The molecular weight excluding hydrogens is 406 g/mol. The molecule has 0 radical (unpaired) electrons. The number of carbonyl (C=O) groups excluding carboxylic acids is 1. The number of aromatic nitrogens is 2. The number of methoxy groups -OCH3 is 1. The lowest BCUT2D eigenvalue weighted by Crippen LogP contribution is -2.29. The number of nitrogens with one attached hydrogen (secondary N) is 1. The number of nitrogens with zero attached hydrogens (tertiary/aromatic N) is 4. The van der Waals surface area contributed by atoms with Gasteiger partial charge in [0.15, 0.2) is 0 Å². The lowest BCUT2D eigenvalue weighted by molar-refractivity contribution is 0.0948. The van der Waals surface area contributed by atoms with Crippen molar-refractivity contribution >= 4 is 21.9 Å². The zero-order valence-corrected chi connectivity index (χ0v) is 18.4. The number of para-hydroxylation sites is 1. The second kappa shape index (κ2) is 8.97. The Morgan fingerprint density at radius 2 is 2.07 bits per heavy atom. The molecule has 1 atom stereocenters. The van der Waals surface area contributed by atoms with Crippen LogP contribution in [0.15, 0.2) is 30.5 Å². The van der Waals surface area contributed by atoms with Crippen molar-refractivity contribution in [3.63, 3.8) is 0 Å². The summed E-state index contributed by atoms with van der Waals surface area (Å²) in [5.74, 6) is 0.688. The molecule has 1 aliphatic heterocycles. The van der Waals surface area contributed by atoms with Crippen LogP contribution in [0.2, 0.25) is 0 Å². The molecule has 1 N–H and O–H groups in total. The molecule has 2 heterocycles. The van der Waals surface area contributed by atoms with Crippen molar-refractivity contribution in [3.05, 3.63) is 47.3 Å². The summed E-state index contributed by atoms with van der Waals surface area (Å²) in [7, 11) is 1.93. The van der Waals surface area contributed by atoms with Crippen molar-refractivity contribution in [1.82, 2.24) is 19.6 Å². The number of carbonyl (C=O) groups is 1. The molecule has 1 aromatic carbocycles. The van der Waals surface area contributed by atoms with Crippen LogP contribution in [0, 0.1) is 0 Å². The average molecular weight is 434 g/mol. The van der Waals surface area contributed by atoms with Crippen LogP contribution in [0.5, 0.6) is 5.75 Å². The van der Waals surface area contributed by atoms with Gasteiger partial charge in [0.1, 0.15) is 5.75 Å². The van der Waals surface area contributed by atoms with Gasteiger partial charge in [-0.05, 0) is 12.5 Å². The van der Waals surface area contributed by atoms with Gasteiger partial charge < -0.3 is 15.0 Å². The highest BCUT2D eigenvalue weighted by atomic mass is 32.2. The minimum Gasteiger partial charge on any atom is -0.496 e. The molecule has 1 saturated heterocycles. The first-order valence-corrected chi connectivity index (χ1v) is 11.4. The van der Waals surface area contributed by atoms with Gasteiger partial charge in [-0.15, -0.1) is 0 Å². The van der Waals surface area contributed by atoms with E-state index >= 15 is 0 Å². The fraction of sp³-hybridized carbons (Fsp3) is 0.450. The van der Waals surface area contributed by atoms with Crippen molar-refractivity contribution in [2.75, 3.05) is 45.5 Å². The first kappa shape index (κ1) is 22.0. The summed E-state index contributed by atoms with van der Waals surface area (Å²) in [5, 5.41) is 2.90. The maximum Gasteiger partial charge on any atom is 0.254 e. The molecule has 0 aliphatic carbocycles. The number of ether oxygens (including phenoxy) is 1. The minimum atomic E-state index is -3.29. The largest absolute Gasteiger partial charge is 0.496 e. The zero-order chi connectivity index (χ0) is 21.9. The molecule has 0 bridgehead atoms. The fourth-order valence-electron chi connectivity index (χ4n) is 3.46. The van der Waals surface area contributed by atoms with Crippen molar-refractivity contribution in [2.24, 2.45) is 0 Å². The number of sulfonamides is 1. The maximum atomic E-state index is 13.0. The van der Waals surface area contributed by atoms with Gasteiger partial charge in [0.05, 0.1) is 24.6 Å². The Balaban J connectivity index is 1.86. The van der Waals surface area contributed by atoms with E-state index in [1.807, 2.05) is 38.4 Å². The molecule has 10 heteroatoms. The first-order chi connectivity index (χ1) is 14.2. The van der Waals surface area contributed by atoms with Gasteiger partial charge in [-0.1, -0.05) is 18.2 Å². The second-order valence-electron chi connectivity index (χ2n) is 7.46. The first-order valence-electron chi connectivity index (χ1n) is 9.60. The van der Waals surface area contributed by atoms with E-state index in [1.54, 1.807) is 12.0 Å². The van der Waals surface area contributed by atoms with Gasteiger partial charge in [0, 0.05) is 51.4 Å². The van der Waals surface area contributed by atoms with E-state index in [4.69, 9.17) is 4.74 Å². The fourth-order valence-corrected chi connectivity index (χ4v) is 4.35. The third kappa shape index (κ3) is 4.88. The molecule has 3 rings (SSSR count). The van der Waals surface area contributed by atoms with Gasteiger partial charge in [0.25, 0.3) is 5.91 Å². The van der Waals surface area contributed by atoms with E-state index in [0.717, 1.165) is 5.56 Å². The minimum absolute atomic E-state index is 0.173. The third-order valence-electron chi connectivity index (χ3n) is 5.09. The smallest absolute Gasteiger partial charge is 0.254 e. The molecular formula is C20H27N5O4S. The standard InChI is InChI=1S/C20H27N5O4S/c1-24(2)20-22-12-16(18(23-20)15-9-10-25(13-15)30(4,27)28)19(26)21-11-14-7-5-6-8-17(14)29-3/h5-8,12,15H,9-11,13H2,1-4H3,(H,21,26). The van der Waals surface area contributed by atoms with Crippen LogP contribution in [0.4, 0.5) is 5.95 Å². The highest BCUT2D eigenvalue weighted by Crippen LogP contribution is 2.30. The van der Waals surface area contributed by atoms with Crippen molar-refractivity contribution in [1.29, 1.82) is 0 Å². The van der Waals surface area contributed by atoms with Crippen LogP contribution in [0.3, 0.4) is 0 Å². The molecule has 1 amide bonds. The molecule has 9 nitrogen and oxygen atoms in total. The molecule has 162 valence electrons. The van der Waals surface area contributed by atoms with E-state index in [0.29, 0.717) is 42.5 Å². The summed E-state index contributed by atoms with van der Waals surface area (Å²) in [6.45, 7) is 1.00. The van der Waals surface area contributed by atoms with Crippen molar-refractivity contribution in [3.8, 4) is 5.75 Å². The summed E-state index contributed by atoms with van der Waals surface area (Å²) >= 11 is 0. The van der Waals surface area contributed by atoms with Crippen LogP contribution in [0.1, 0.15) is 34.0 Å². The quantitative estimate of drug-likeness (QED) is 0.700. The molecule has 1 unspecified atom stereocenters. The van der Waals surface area contributed by atoms with Crippen LogP contribution in [-0.4, -0.2) is 69.1 Å². The zero-order valence-electron chi connectivity index (χ0n) is 17.6. The van der Waals surface area contributed by atoms with E-state index in [9.17, 15) is 13.2 Å². The van der Waals surface area contributed by atoms with Crippen LogP contribution in [0.25, 0.3) is 0 Å². The number of amides is 1. The Hall–Kier alpha value is -2.72. The molecule has 0 spiro atoms. The summed E-state index contributed by atoms with van der Waals surface area (Å²) < 4.78 is 30.6. The lowest BCUT2D eigenvalue weighted by atomic mass is 9.99. The van der Waals surface area contributed by atoms with Crippen molar-refractivity contribution in [2.45, 2.75) is 18.9 Å². The van der Waals surface area contributed by atoms with Crippen LogP contribution in [-0.2, 0) is 16.6 Å². The Morgan fingerprint density at radius 1 is 1.33 bits per heavy atom. The molecule has 1 aliphatic rings. The Kier molecular flexibility index (Phi) is 6.57. The highest BCUT2D eigenvalue weighted by molar-refractivity contribution is 7.88. The van der Waals surface area contributed by atoms with Gasteiger partial charge in [0.2, 0.25) is 16.0 Å². The summed E-state index contributed by atoms with van der Waals surface area (Å²) in [4.78, 5) is 23.6. The summed E-state index contributed by atoms with van der Waals surface area (Å²) in [6.07, 6.45) is 3.31. The topological polar surface area (TPSA) is 105 Å². The lowest BCUT2D eigenvalue weighted by Gasteiger charge is -2.18. The molecule has 0 saturated carbocycles. The average Bonchev–Trinajstić information content (AvgIpc) is 3.22. The van der Waals surface area contributed by atoms with E-state index in [1.165, 1.54) is 16.8 Å². The number of rotatable bonds is 7. The van der Waals surface area contributed by atoms with E-state index < -0.39 is 10.0 Å². The number of hydrogen-bond donors (Lipinski definition) is 1. The Morgan fingerprint density at radius 3 is 2.70 bits per heavy atom. The van der Waals surface area contributed by atoms with Crippen molar-refractivity contribution < 1.29 is 17.9 Å². The van der Waals surface area contributed by atoms with Gasteiger partial charge in [-0.2, -0.15) is 0 Å². The van der Waals surface area contributed by atoms with Gasteiger partial charge >= 0.3 is 0 Å². The maximum absolute atomic E-state index is 13.0. The summed E-state index contributed by atoms with van der Waals surface area (Å²) in [5.41, 5.74) is 1.78. The number of anilines is 1. The predicted molar refractivity (Wildman–Crippen MR) is 114 cm³/mol. The number of benzene rings is 1. The van der Waals surface area contributed by atoms with Crippen LogP contribution >= 0.6 is 0 Å². The van der Waals surface area contributed by atoms with Gasteiger partial charge in [-0.3, -0.25) is 4.79 Å². The second-order valence-corrected chi connectivity index (χ2v) is 9.45. The predicted octanol–water partition coefficient (Wildman–Crippen LogP) is 1.23. The Labute approximate surface area is 177 Å². The normalized spacial score (nSPS) is 17.0. The molecule has 1 fully saturated rings. The monoisotopic (exact) mass is 433 g/mol. The number of hydrogen-bond acceptors (Lipinski definition) is 7. The van der Waals surface area contributed by atoms with Crippen LogP contribution < -0.4 is 15.0 Å². The highest BCUT2D eigenvalue weighted by Gasteiger charge is 2.33. The third-order valence-corrected chi connectivity index (χ3v) is 6.36. The van der Waals surface area contributed by atoms with E-state index in [-0.39, 0.29) is 18.4 Å². The summed E-state index contributed by atoms with van der Waals surface area (Å²) in [6, 6.07) is 7.46. The molecule has 30 heavy (non-hydrogen) atoms. The SMILES string of the molecule is COc1ccccc1CNC(=O)c1cnc(N(C)C)nc1C1CCN(S(C)(=O)=O)C1. The van der Waals surface area contributed by atoms with E-state index in [2.05, 4.69) is 15.3 Å². The van der Waals surface area contributed by atoms with Gasteiger partial charge in [-0.25, -0.2) is 22.7 Å².